The number of carbonyl (C=O) groups excluding carboxylic acids is 2. The van der Waals surface area contributed by atoms with E-state index >= 15 is 0 Å². The Labute approximate surface area is 226 Å². The van der Waals surface area contributed by atoms with E-state index in [1.165, 1.54) is 45.1 Å². The van der Waals surface area contributed by atoms with Crippen LogP contribution in [0.5, 0.6) is 0 Å². The van der Waals surface area contributed by atoms with Crippen LogP contribution >= 0.6 is 11.6 Å². The Balaban J connectivity index is 1.72. The fourth-order valence-corrected chi connectivity index (χ4v) is 6.70. The maximum absolute atomic E-state index is 14.4. The zero-order valence-corrected chi connectivity index (χ0v) is 23.3. The number of aliphatic hydroxyl groups is 1. The van der Waals surface area contributed by atoms with Crippen molar-refractivity contribution in [1.29, 1.82) is 0 Å². The van der Waals surface area contributed by atoms with Crippen molar-refractivity contribution < 1.29 is 19.1 Å². The van der Waals surface area contributed by atoms with Crippen LogP contribution in [-0.2, 0) is 15.2 Å². The molecular weight excluding hydrogens is 493 g/mol. The molecule has 1 saturated heterocycles. The Hall–Kier alpha value is -1.70. The Morgan fingerprint density at radius 2 is 1.97 bits per heavy atom. The topological polar surface area (TPSA) is 81.7 Å². The summed E-state index contributed by atoms with van der Waals surface area (Å²) in [7, 11) is 1.94. The molecule has 2 aliphatic rings. The van der Waals surface area contributed by atoms with Gasteiger partial charge in [0.15, 0.2) is 0 Å². The molecule has 1 aliphatic carbocycles. The van der Waals surface area contributed by atoms with Crippen molar-refractivity contribution in [3.05, 3.63) is 34.6 Å². The molecule has 1 aliphatic heterocycles. The van der Waals surface area contributed by atoms with Gasteiger partial charge in [0.25, 0.3) is 0 Å². The first-order chi connectivity index (χ1) is 17.7. The average molecular weight is 538 g/mol. The number of nitrogens with zero attached hydrogens (tertiary/aromatic N) is 1. The van der Waals surface area contributed by atoms with Gasteiger partial charge in [0.05, 0.1) is 10.6 Å². The van der Waals surface area contributed by atoms with Gasteiger partial charge in [-0.3, -0.25) is 9.59 Å². The molecule has 3 atom stereocenters. The highest BCUT2D eigenvalue weighted by Crippen LogP contribution is 2.43. The van der Waals surface area contributed by atoms with E-state index in [1.807, 2.05) is 11.9 Å². The number of carbonyl (C=O) groups is 2. The fraction of sp³-hybridized carbons (Fsp3) is 0.724. The van der Waals surface area contributed by atoms with Crippen molar-refractivity contribution in [2.75, 3.05) is 33.2 Å². The second-order valence-electron chi connectivity index (χ2n) is 11.2. The second-order valence-corrected chi connectivity index (χ2v) is 11.5. The molecule has 1 aromatic rings. The molecule has 6 nitrogen and oxygen atoms in total. The predicted octanol–water partition coefficient (Wildman–Crippen LogP) is 5.02. The van der Waals surface area contributed by atoms with E-state index in [1.54, 1.807) is 12.1 Å². The van der Waals surface area contributed by atoms with Crippen LogP contribution in [0.1, 0.15) is 83.1 Å². The normalized spacial score (nSPS) is 21.3. The molecule has 0 unspecified atom stereocenters. The van der Waals surface area contributed by atoms with Crippen LogP contribution in [0, 0.1) is 23.6 Å². The molecule has 208 valence electrons. The van der Waals surface area contributed by atoms with Crippen LogP contribution in [-0.4, -0.2) is 55.0 Å². The highest BCUT2D eigenvalue weighted by molar-refractivity contribution is 6.31. The van der Waals surface area contributed by atoms with Crippen LogP contribution in [0.2, 0.25) is 5.02 Å². The Bertz CT molecular complexity index is 895. The number of benzene rings is 1. The first-order valence-corrected chi connectivity index (χ1v) is 14.5. The maximum Gasteiger partial charge on any atom is 0.222 e. The van der Waals surface area contributed by atoms with Gasteiger partial charge in [-0.15, -0.1) is 0 Å². The predicted molar refractivity (Wildman–Crippen MR) is 146 cm³/mol. The summed E-state index contributed by atoms with van der Waals surface area (Å²) in [6.45, 7) is 3.77. The van der Waals surface area contributed by atoms with Crippen molar-refractivity contribution in [1.82, 2.24) is 15.5 Å². The monoisotopic (exact) mass is 537 g/mol. The molecule has 1 aromatic carbocycles. The van der Waals surface area contributed by atoms with Crippen molar-refractivity contribution in [3.63, 3.8) is 0 Å². The summed E-state index contributed by atoms with van der Waals surface area (Å²) in [5, 5.41) is 18.0. The number of rotatable bonds is 12. The fourth-order valence-electron chi connectivity index (χ4n) is 6.41. The summed E-state index contributed by atoms with van der Waals surface area (Å²) in [5.74, 6) is 0.162. The van der Waals surface area contributed by atoms with E-state index in [2.05, 4.69) is 10.6 Å². The number of amides is 2. The number of likely N-dealkylation sites (tertiary alicyclic amines) is 1. The molecule has 0 aromatic heterocycles. The molecule has 8 heteroatoms. The molecule has 2 fully saturated rings. The number of halogens is 2. The maximum atomic E-state index is 14.4. The van der Waals surface area contributed by atoms with E-state index < -0.39 is 11.4 Å². The third-order valence-corrected chi connectivity index (χ3v) is 8.71. The minimum atomic E-state index is -1.40. The van der Waals surface area contributed by atoms with Gasteiger partial charge in [-0.2, -0.15) is 0 Å². The standard InChI is InChI=1S/C29H45ClFN3O3/c1-21(35)33-15-8-14-29(37,25-12-6-13-26(31)28(25)30)24-11-7-16-34(20-24)27(36)18-23(19-32-2)17-22-9-4-3-5-10-22/h6,12-13,22-24,32,37H,3-5,7-11,14-20H2,1-2H3,(H,33,35)/t23-,24-,29+/m1/s1. The van der Waals surface area contributed by atoms with Gasteiger partial charge in [0.1, 0.15) is 5.82 Å². The number of hydrogen-bond donors (Lipinski definition) is 3. The SMILES string of the molecule is CNC[C@@H](CC(=O)N1CCC[C@@H]([C@@](O)(CCCNC(C)=O)c2cccc(F)c2Cl)C1)CC1CCCCC1. The zero-order chi connectivity index (χ0) is 26.8. The van der Waals surface area contributed by atoms with E-state index in [9.17, 15) is 19.1 Å². The van der Waals surface area contributed by atoms with Crippen molar-refractivity contribution in [2.45, 2.75) is 83.2 Å². The summed E-state index contributed by atoms with van der Waals surface area (Å²) >= 11 is 6.36. The molecule has 2 amide bonds. The highest BCUT2D eigenvalue weighted by atomic mass is 35.5. The smallest absolute Gasteiger partial charge is 0.222 e. The summed E-state index contributed by atoms with van der Waals surface area (Å²) in [6, 6.07) is 4.53. The van der Waals surface area contributed by atoms with Crippen LogP contribution in [0.3, 0.4) is 0 Å². The van der Waals surface area contributed by atoms with Gasteiger partial charge < -0.3 is 20.6 Å². The van der Waals surface area contributed by atoms with Gasteiger partial charge in [0, 0.05) is 44.5 Å². The minimum Gasteiger partial charge on any atom is -0.385 e. The van der Waals surface area contributed by atoms with E-state index in [-0.39, 0.29) is 22.8 Å². The molecule has 3 rings (SSSR count). The second kappa shape index (κ2) is 14.5. The molecule has 37 heavy (non-hydrogen) atoms. The molecule has 0 radical (unpaired) electrons. The first kappa shape index (κ1) is 29.9. The van der Waals surface area contributed by atoms with Gasteiger partial charge >= 0.3 is 0 Å². The summed E-state index contributed by atoms with van der Waals surface area (Å²) in [6.07, 6.45) is 10.3. The van der Waals surface area contributed by atoms with E-state index in [4.69, 9.17) is 11.6 Å². The average Bonchev–Trinajstić information content (AvgIpc) is 2.89. The molecule has 1 heterocycles. The highest BCUT2D eigenvalue weighted by Gasteiger charge is 2.43. The molecule has 1 saturated carbocycles. The van der Waals surface area contributed by atoms with E-state index in [0.717, 1.165) is 25.8 Å². The summed E-state index contributed by atoms with van der Waals surface area (Å²) < 4.78 is 14.4. The molecule has 0 spiro atoms. The quantitative estimate of drug-likeness (QED) is 0.327. The third-order valence-electron chi connectivity index (χ3n) is 8.32. The summed E-state index contributed by atoms with van der Waals surface area (Å²) in [5.41, 5.74) is -1.04. The first-order valence-electron chi connectivity index (χ1n) is 14.1. The van der Waals surface area contributed by atoms with Crippen molar-refractivity contribution >= 4 is 23.4 Å². The van der Waals surface area contributed by atoms with Crippen molar-refractivity contribution in [3.8, 4) is 0 Å². The molecule has 0 bridgehead atoms. The lowest BCUT2D eigenvalue weighted by atomic mass is 9.74. The lowest BCUT2D eigenvalue weighted by Gasteiger charge is -2.43. The van der Waals surface area contributed by atoms with Gasteiger partial charge in [-0.1, -0.05) is 55.8 Å². The van der Waals surface area contributed by atoms with E-state index in [0.29, 0.717) is 56.3 Å². The number of nitrogens with one attached hydrogen (secondary N) is 2. The van der Waals surface area contributed by atoms with Gasteiger partial charge in [0.2, 0.25) is 11.8 Å². The van der Waals surface area contributed by atoms with Gasteiger partial charge in [-0.05, 0) is 63.6 Å². The van der Waals surface area contributed by atoms with Crippen LogP contribution in [0.25, 0.3) is 0 Å². The Kier molecular flexibility index (Phi) is 11.7. The molecule has 3 N–H and O–H groups in total. The largest absolute Gasteiger partial charge is 0.385 e. The van der Waals surface area contributed by atoms with Crippen LogP contribution in [0.4, 0.5) is 4.39 Å². The Morgan fingerprint density at radius 3 is 2.68 bits per heavy atom. The minimum absolute atomic E-state index is 0.0745. The number of piperidine rings is 1. The molecular formula is C29H45ClFN3O3. The van der Waals surface area contributed by atoms with Crippen LogP contribution < -0.4 is 10.6 Å². The zero-order valence-electron chi connectivity index (χ0n) is 22.5. The summed E-state index contributed by atoms with van der Waals surface area (Å²) in [4.78, 5) is 26.7. The van der Waals surface area contributed by atoms with Gasteiger partial charge in [-0.25, -0.2) is 4.39 Å². The lowest BCUT2D eigenvalue weighted by Crippen LogP contribution is -2.49. The third kappa shape index (κ3) is 8.39. The van der Waals surface area contributed by atoms with Crippen LogP contribution in [0.15, 0.2) is 18.2 Å². The Morgan fingerprint density at radius 1 is 1.22 bits per heavy atom. The van der Waals surface area contributed by atoms with Crippen molar-refractivity contribution in [2.24, 2.45) is 17.8 Å². The lowest BCUT2D eigenvalue weighted by molar-refractivity contribution is -0.138. The number of hydrogen-bond acceptors (Lipinski definition) is 4.